The lowest BCUT2D eigenvalue weighted by atomic mass is 10.2. The van der Waals surface area contributed by atoms with Crippen LogP contribution in [0.2, 0.25) is 10.0 Å². The second kappa shape index (κ2) is 8.40. The second-order valence-electron chi connectivity index (χ2n) is 5.60. The first-order chi connectivity index (χ1) is 11.4. The highest BCUT2D eigenvalue weighted by atomic mass is 35.5. The molecule has 1 N–H and O–H groups in total. The lowest BCUT2D eigenvalue weighted by Crippen LogP contribution is -2.45. The van der Waals surface area contributed by atoms with Gasteiger partial charge in [0.05, 0.1) is 10.0 Å². The maximum absolute atomic E-state index is 12.3. The predicted molar refractivity (Wildman–Crippen MR) is 94.9 cm³/mol. The molecule has 0 aliphatic carbocycles. The Bertz CT molecular complexity index is 620. The molecule has 1 heterocycles. The third-order valence-electron chi connectivity index (χ3n) is 3.74. The maximum atomic E-state index is 12.3. The minimum Gasteiger partial charge on any atom is -0.486 e. The van der Waals surface area contributed by atoms with Crippen LogP contribution >= 0.6 is 23.2 Å². The standard InChI is InChI=1S/C17H20Cl2N2O3/c1-3-8-24-15-13(18)9-12(10-14(15)19)16(22)20-11(2)17(23)21-6-4-5-7-21/h3,9-11H,1,4-8H2,2H3,(H,20,22). The number of likely N-dealkylation sites (tertiary alicyclic amines) is 1. The highest BCUT2D eigenvalue weighted by Crippen LogP contribution is 2.34. The van der Waals surface area contributed by atoms with Crippen molar-refractivity contribution < 1.29 is 14.3 Å². The summed E-state index contributed by atoms with van der Waals surface area (Å²) >= 11 is 12.2. The van der Waals surface area contributed by atoms with E-state index in [1.54, 1.807) is 17.9 Å². The fourth-order valence-electron chi connectivity index (χ4n) is 2.52. The van der Waals surface area contributed by atoms with Crippen molar-refractivity contribution in [2.75, 3.05) is 19.7 Å². The van der Waals surface area contributed by atoms with Gasteiger partial charge in [-0.2, -0.15) is 0 Å². The normalized spacial score (nSPS) is 15.0. The fraction of sp³-hybridized carbons (Fsp3) is 0.412. The molecule has 2 amide bonds. The largest absolute Gasteiger partial charge is 0.486 e. The van der Waals surface area contributed by atoms with E-state index >= 15 is 0 Å². The van der Waals surface area contributed by atoms with Gasteiger partial charge in [-0.05, 0) is 31.9 Å². The molecule has 7 heteroatoms. The van der Waals surface area contributed by atoms with E-state index in [-0.39, 0.29) is 28.1 Å². The molecule has 1 unspecified atom stereocenters. The molecule has 1 aliphatic rings. The SMILES string of the molecule is C=CCOc1c(Cl)cc(C(=O)NC(C)C(=O)N2CCCC2)cc1Cl. The minimum absolute atomic E-state index is 0.0796. The summed E-state index contributed by atoms with van der Waals surface area (Å²) in [6.45, 7) is 6.96. The molecule has 1 aromatic carbocycles. The lowest BCUT2D eigenvalue weighted by Gasteiger charge is -2.21. The molecule has 0 aromatic heterocycles. The van der Waals surface area contributed by atoms with Crippen LogP contribution in [0.1, 0.15) is 30.1 Å². The van der Waals surface area contributed by atoms with Gasteiger partial charge in [-0.25, -0.2) is 0 Å². The van der Waals surface area contributed by atoms with Crippen LogP contribution in [0.5, 0.6) is 5.75 Å². The number of nitrogens with zero attached hydrogens (tertiary/aromatic N) is 1. The third kappa shape index (κ3) is 4.42. The van der Waals surface area contributed by atoms with Crippen LogP contribution in [0.15, 0.2) is 24.8 Å². The number of carbonyl (C=O) groups is 2. The molecule has 1 saturated heterocycles. The van der Waals surface area contributed by atoms with Gasteiger partial charge in [-0.1, -0.05) is 35.9 Å². The van der Waals surface area contributed by atoms with Crippen LogP contribution in [-0.2, 0) is 4.79 Å². The van der Waals surface area contributed by atoms with Crippen LogP contribution in [0.25, 0.3) is 0 Å². The van der Waals surface area contributed by atoms with E-state index in [4.69, 9.17) is 27.9 Å². The lowest BCUT2D eigenvalue weighted by molar-refractivity contribution is -0.131. The third-order valence-corrected chi connectivity index (χ3v) is 4.30. The van der Waals surface area contributed by atoms with E-state index in [1.165, 1.54) is 12.1 Å². The number of halogens is 2. The van der Waals surface area contributed by atoms with Gasteiger partial charge in [0.2, 0.25) is 5.91 Å². The molecule has 1 aromatic rings. The van der Waals surface area contributed by atoms with Crippen molar-refractivity contribution in [2.24, 2.45) is 0 Å². The zero-order chi connectivity index (χ0) is 17.7. The zero-order valence-electron chi connectivity index (χ0n) is 13.5. The number of amides is 2. The molecule has 130 valence electrons. The van der Waals surface area contributed by atoms with E-state index in [0.29, 0.717) is 5.75 Å². The topological polar surface area (TPSA) is 58.6 Å². The summed E-state index contributed by atoms with van der Waals surface area (Å²) in [5.74, 6) is -0.186. The molecule has 0 saturated carbocycles. The van der Waals surface area contributed by atoms with Gasteiger partial charge >= 0.3 is 0 Å². The molecular weight excluding hydrogens is 351 g/mol. The first-order valence-corrected chi connectivity index (χ1v) is 8.52. The number of ether oxygens (including phenoxy) is 1. The van der Waals surface area contributed by atoms with Crippen LogP contribution in [0.3, 0.4) is 0 Å². The summed E-state index contributed by atoms with van der Waals surface area (Å²) in [5.41, 5.74) is 0.275. The molecule has 5 nitrogen and oxygen atoms in total. The number of benzene rings is 1. The molecule has 0 spiro atoms. The highest BCUT2D eigenvalue weighted by molar-refractivity contribution is 6.37. The Kier molecular flexibility index (Phi) is 6.52. The Hall–Kier alpha value is -1.72. The van der Waals surface area contributed by atoms with Gasteiger partial charge in [-0.15, -0.1) is 0 Å². The number of carbonyl (C=O) groups excluding carboxylic acids is 2. The summed E-state index contributed by atoms with van der Waals surface area (Å²) in [6.07, 6.45) is 3.58. The first-order valence-electron chi connectivity index (χ1n) is 7.76. The Morgan fingerprint density at radius 3 is 2.46 bits per heavy atom. The highest BCUT2D eigenvalue weighted by Gasteiger charge is 2.25. The number of hydrogen-bond donors (Lipinski definition) is 1. The molecule has 0 bridgehead atoms. The summed E-state index contributed by atoms with van der Waals surface area (Å²) in [7, 11) is 0. The fourth-order valence-corrected chi connectivity index (χ4v) is 3.12. The molecule has 24 heavy (non-hydrogen) atoms. The van der Waals surface area contributed by atoms with E-state index in [2.05, 4.69) is 11.9 Å². The van der Waals surface area contributed by atoms with Crippen LogP contribution in [0.4, 0.5) is 0 Å². The maximum Gasteiger partial charge on any atom is 0.252 e. The Balaban J connectivity index is 2.06. The van der Waals surface area contributed by atoms with Crippen molar-refractivity contribution in [3.05, 3.63) is 40.4 Å². The van der Waals surface area contributed by atoms with Gasteiger partial charge in [0, 0.05) is 18.7 Å². The zero-order valence-corrected chi connectivity index (χ0v) is 15.0. The van der Waals surface area contributed by atoms with Crippen molar-refractivity contribution in [1.82, 2.24) is 10.2 Å². The van der Waals surface area contributed by atoms with Gasteiger partial charge in [0.25, 0.3) is 5.91 Å². The Labute approximate surface area is 151 Å². The van der Waals surface area contributed by atoms with Crippen molar-refractivity contribution in [2.45, 2.75) is 25.8 Å². The van der Waals surface area contributed by atoms with E-state index in [9.17, 15) is 9.59 Å². The molecular formula is C17H20Cl2N2O3. The Morgan fingerprint density at radius 2 is 1.92 bits per heavy atom. The summed E-state index contributed by atoms with van der Waals surface area (Å²) in [4.78, 5) is 26.4. The van der Waals surface area contributed by atoms with Crippen LogP contribution < -0.4 is 10.1 Å². The van der Waals surface area contributed by atoms with Gasteiger partial charge in [-0.3, -0.25) is 9.59 Å². The molecule has 1 atom stereocenters. The molecule has 1 fully saturated rings. The quantitative estimate of drug-likeness (QED) is 0.781. The Morgan fingerprint density at radius 1 is 1.33 bits per heavy atom. The number of nitrogens with one attached hydrogen (secondary N) is 1. The van der Waals surface area contributed by atoms with Crippen molar-refractivity contribution >= 4 is 35.0 Å². The predicted octanol–water partition coefficient (Wildman–Crippen LogP) is 3.30. The second-order valence-corrected chi connectivity index (χ2v) is 6.41. The molecule has 2 rings (SSSR count). The summed E-state index contributed by atoms with van der Waals surface area (Å²) in [6, 6.07) is 2.33. The van der Waals surface area contributed by atoms with E-state index in [0.717, 1.165) is 25.9 Å². The summed E-state index contributed by atoms with van der Waals surface area (Å²) in [5, 5.41) is 3.14. The number of rotatable bonds is 6. The summed E-state index contributed by atoms with van der Waals surface area (Å²) < 4.78 is 5.36. The van der Waals surface area contributed by atoms with Crippen LogP contribution in [0, 0.1) is 0 Å². The number of hydrogen-bond acceptors (Lipinski definition) is 3. The van der Waals surface area contributed by atoms with E-state index < -0.39 is 11.9 Å². The first kappa shape index (κ1) is 18.6. The molecule has 0 radical (unpaired) electrons. The van der Waals surface area contributed by atoms with Crippen LogP contribution in [-0.4, -0.2) is 42.5 Å². The minimum atomic E-state index is -0.607. The molecule has 1 aliphatic heterocycles. The van der Waals surface area contributed by atoms with E-state index in [1.807, 2.05) is 0 Å². The van der Waals surface area contributed by atoms with Gasteiger partial charge < -0.3 is 15.0 Å². The van der Waals surface area contributed by atoms with Gasteiger partial charge in [0.1, 0.15) is 12.6 Å². The monoisotopic (exact) mass is 370 g/mol. The van der Waals surface area contributed by atoms with Crippen molar-refractivity contribution in [3.8, 4) is 5.75 Å². The average molecular weight is 371 g/mol. The van der Waals surface area contributed by atoms with Crippen molar-refractivity contribution in [3.63, 3.8) is 0 Å². The average Bonchev–Trinajstić information content (AvgIpc) is 3.07. The van der Waals surface area contributed by atoms with Gasteiger partial charge in [0.15, 0.2) is 5.75 Å². The van der Waals surface area contributed by atoms with Crippen molar-refractivity contribution in [1.29, 1.82) is 0 Å². The smallest absolute Gasteiger partial charge is 0.252 e.